The van der Waals surface area contributed by atoms with Crippen molar-refractivity contribution in [1.82, 2.24) is 10.1 Å². The van der Waals surface area contributed by atoms with Gasteiger partial charge in [0.15, 0.2) is 11.5 Å². The third-order valence-corrected chi connectivity index (χ3v) is 3.92. The Balaban J connectivity index is 1.80. The summed E-state index contributed by atoms with van der Waals surface area (Å²) in [5.41, 5.74) is 7.23. The minimum absolute atomic E-state index is 0.0853. The SMILES string of the molecule is NC(=O)CCN(Cc1ccccc1)C(=O)c1cc(-c2ccccc2)on1. The van der Waals surface area contributed by atoms with Gasteiger partial charge in [-0.05, 0) is 5.56 Å². The number of carbonyl (C=O) groups is 2. The fourth-order valence-corrected chi connectivity index (χ4v) is 2.58. The fraction of sp³-hybridized carbons (Fsp3) is 0.150. The number of aromatic nitrogens is 1. The van der Waals surface area contributed by atoms with Crippen LogP contribution in [0.1, 0.15) is 22.5 Å². The minimum Gasteiger partial charge on any atom is -0.370 e. The van der Waals surface area contributed by atoms with Crippen molar-refractivity contribution >= 4 is 11.8 Å². The molecule has 2 amide bonds. The van der Waals surface area contributed by atoms with Crippen LogP contribution in [-0.4, -0.2) is 28.4 Å². The monoisotopic (exact) mass is 349 g/mol. The van der Waals surface area contributed by atoms with E-state index in [1.54, 1.807) is 11.0 Å². The van der Waals surface area contributed by atoms with Crippen LogP contribution in [0.15, 0.2) is 71.3 Å². The molecule has 1 heterocycles. The maximum absolute atomic E-state index is 12.9. The van der Waals surface area contributed by atoms with Crippen LogP contribution in [0.5, 0.6) is 0 Å². The molecular weight excluding hydrogens is 330 g/mol. The molecule has 0 bridgehead atoms. The molecule has 1 aromatic heterocycles. The van der Waals surface area contributed by atoms with Gasteiger partial charge in [0.25, 0.3) is 5.91 Å². The number of rotatable bonds is 7. The van der Waals surface area contributed by atoms with Crippen molar-refractivity contribution in [2.75, 3.05) is 6.54 Å². The normalized spacial score (nSPS) is 10.5. The van der Waals surface area contributed by atoms with Crippen molar-refractivity contribution in [3.63, 3.8) is 0 Å². The average molecular weight is 349 g/mol. The molecule has 2 aromatic carbocycles. The first-order valence-electron chi connectivity index (χ1n) is 8.27. The highest BCUT2D eigenvalue weighted by Crippen LogP contribution is 2.21. The van der Waals surface area contributed by atoms with Gasteiger partial charge in [-0.1, -0.05) is 65.8 Å². The van der Waals surface area contributed by atoms with Crippen LogP contribution >= 0.6 is 0 Å². The van der Waals surface area contributed by atoms with Gasteiger partial charge in [0.2, 0.25) is 5.91 Å². The Hall–Kier alpha value is -3.41. The largest absolute Gasteiger partial charge is 0.370 e. The zero-order chi connectivity index (χ0) is 18.4. The third-order valence-electron chi connectivity index (χ3n) is 3.92. The molecule has 0 fully saturated rings. The van der Waals surface area contributed by atoms with Crippen LogP contribution in [0.3, 0.4) is 0 Å². The molecule has 3 rings (SSSR count). The third kappa shape index (κ3) is 4.36. The zero-order valence-electron chi connectivity index (χ0n) is 14.2. The van der Waals surface area contributed by atoms with Crippen LogP contribution in [0, 0.1) is 0 Å². The summed E-state index contributed by atoms with van der Waals surface area (Å²) in [6.45, 7) is 0.580. The number of carbonyl (C=O) groups excluding carboxylic acids is 2. The molecule has 26 heavy (non-hydrogen) atoms. The first-order valence-corrected chi connectivity index (χ1v) is 8.27. The second kappa shape index (κ2) is 8.11. The minimum atomic E-state index is -0.457. The predicted octanol–water partition coefficient (Wildman–Crippen LogP) is 2.86. The van der Waals surface area contributed by atoms with Crippen LogP contribution in [0.25, 0.3) is 11.3 Å². The van der Waals surface area contributed by atoms with Gasteiger partial charge in [-0.3, -0.25) is 9.59 Å². The van der Waals surface area contributed by atoms with Crippen LogP contribution in [-0.2, 0) is 11.3 Å². The quantitative estimate of drug-likeness (QED) is 0.710. The number of hydrogen-bond acceptors (Lipinski definition) is 4. The average Bonchev–Trinajstić information content (AvgIpc) is 3.16. The molecule has 0 unspecified atom stereocenters. The Bertz CT molecular complexity index is 876. The van der Waals surface area contributed by atoms with Crippen molar-refractivity contribution in [2.45, 2.75) is 13.0 Å². The van der Waals surface area contributed by atoms with E-state index in [0.29, 0.717) is 12.3 Å². The van der Waals surface area contributed by atoms with Crippen molar-refractivity contribution in [2.24, 2.45) is 5.73 Å². The summed E-state index contributed by atoms with van der Waals surface area (Å²) in [5, 5.41) is 3.90. The summed E-state index contributed by atoms with van der Waals surface area (Å²) in [5.74, 6) is -0.245. The Labute approximate surface area is 151 Å². The Kier molecular flexibility index (Phi) is 5.43. The first kappa shape index (κ1) is 17.4. The second-order valence-electron chi connectivity index (χ2n) is 5.87. The highest BCUT2D eigenvalue weighted by Gasteiger charge is 2.21. The molecule has 6 heteroatoms. The zero-order valence-corrected chi connectivity index (χ0v) is 14.2. The molecule has 0 atom stereocenters. The molecule has 0 saturated heterocycles. The fourth-order valence-electron chi connectivity index (χ4n) is 2.58. The summed E-state index contributed by atoms with van der Waals surface area (Å²) in [6.07, 6.45) is 0.0853. The van der Waals surface area contributed by atoms with E-state index in [1.165, 1.54) is 0 Å². The lowest BCUT2D eigenvalue weighted by Crippen LogP contribution is -2.33. The number of nitrogens with two attached hydrogens (primary N) is 1. The smallest absolute Gasteiger partial charge is 0.276 e. The number of benzene rings is 2. The van der Waals surface area contributed by atoms with E-state index in [2.05, 4.69) is 5.16 Å². The topological polar surface area (TPSA) is 89.4 Å². The first-order chi connectivity index (χ1) is 12.6. The Morgan fingerprint density at radius 3 is 2.31 bits per heavy atom. The van der Waals surface area contributed by atoms with Gasteiger partial charge in [-0.25, -0.2) is 0 Å². The van der Waals surface area contributed by atoms with Crippen molar-refractivity contribution < 1.29 is 14.1 Å². The maximum Gasteiger partial charge on any atom is 0.276 e. The summed E-state index contributed by atoms with van der Waals surface area (Å²) in [7, 11) is 0. The molecule has 0 aliphatic carbocycles. The van der Waals surface area contributed by atoms with Crippen molar-refractivity contribution in [3.05, 3.63) is 78.0 Å². The molecule has 3 aromatic rings. The van der Waals surface area contributed by atoms with Crippen molar-refractivity contribution in [1.29, 1.82) is 0 Å². The molecule has 0 saturated carbocycles. The van der Waals surface area contributed by atoms with E-state index in [9.17, 15) is 9.59 Å². The van der Waals surface area contributed by atoms with Crippen molar-refractivity contribution in [3.8, 4) is 11.3 Å². The summed E-state index contributed by atoms with van der Waals surface area (Å²) in [4.78, 5) is 25.6. The molecule has 0 spiro atoms. The summed E-state index contributed by atoms with van der Waals surface area (Å²) < 4.78 is 5.31. The molecule has 6 nitrogen and oxygen atoms in total. The second-order valence-corrected chi connectivity index (χ2v) is 5.87. The molecule has 0 radical (unpaired) electrons. The highest BCUT2D eigenvalue weighted by molar-refractivity contribution is 5.93. The van der Waals surface area contributed by atoms with E-state index in [4.69, 9.17) is 10.3 Å². The van der Waals surface area contributed by atoms with E-state index in [1.807, 2.05) is 60.7 Å². The Morgan fingerprint density at radius 2 is 1.65 bits per heavy atom. The van der Waals surface area contributed by atoms with Gasteiger partial charge in [0.1, 0.15) is 0 Å². The van der Waals surface area contributed by atoms with Gasteiger partial charge in [0.05, 0.1) is 0 Å². The predicted molar refractivity (Wildman–Crippen MR) is 96.9 cm³/mol. The van der Waals surface area contributed by atoms with Gasteiger partial charge in [0, 0.05) is 31.1 Å². The van der Waals surface area contributed by atoms with Crippen LogP contribution in [0.4, 0.5) is 0 Å². The lowest BCUT2D eigenvalue weighted by molar-refractivity contribution is -0.118. The van der Waals surface area contributed by atoms with Crippen LogP contribution < -0.4 is 5.73 Å². The van der Waals surface area contributed by atoms with E-state index >= 15 is 0 Å². The summed E-state index contributed by atoms with van der Waals surface area (Å²) >= 11 is 0. The number of amides is 2. The number of nitrogens with zero attached hydrogens (tertiary/aromatic N) is 2. The summed E-state index contributed by atoms with van der Waals surface area (Å²) in [6, 6.07) is 20.6. The molecule has 2 N–H and O–H groups in total. The highest BCUT2D eigenvalue weighted by atomic mass is 16.5. The van der Waals surface area contributed by atoms with E-state index in [0.717, 1.165) is 11.1 Å². The van der Waals surface area contributed by atoms with E-state index in [-0.39, 0.29) is 24.6 Å². The van der Waals surface area contributed by atoms with Gasteiger partial charge < -0.3 is 15.2 Å². The Morgan fingerprint density at radius 1 is 1.00 bits per heavy atom. The molecule has 132 valence electrons. The lowest BCUT2D eigenvalue weighted by Gasteiger charge is -2.21. The van der Waals surface area contributed by atoms with Gasteiger partial charge in [-0.15, -0.1) is 0 Å². The maximum atomic E-state index is 12.9. The van der Waals surface area contributed by atoms with Gasteiger partial charge in [-0.2, -0.15) is 0 Å². The number of hydrogen-bond donors (Lipinski definition) is 1. The van der Waals surface area contributed by atoms with Gasteiger partial charge >= 0.3 is 0 Å². The standard InChI is InChI=1S/C20H19N3O3/c21-19(24)11-12-23(14-15-7-3-1-4-8-15)20(25)17-13-18(26-22-17)16-9-5-2-6-10-16/h1-10,13H,11-12,14H2,(H2,21,24). The molecule has 0 aliphatic heterocycles. The lowest BCUT2D eigenvalue weighted by atomic mass is 10.1. The molecular formula is C20H19N3O3. The number of primary amides is 1. The van der Waals surface area contributed by atoms with E-state index < -0.39 is 5.91 Å². The molecule has 0 aliphatic rings. The van der Waals surface area contributed by atoms with Crippen LogP contribution in [0.2, 0.25) is 0 Å².